The molecule has 9 nitrogen and oxygen atoms in total. The van der Waals surface area contributed by atoms with E-state index < -0.39 is 35.3 Å². The highest BCUT2D eigenvalue weighted by atomic mass is 35.5. The van der Waals surface area contributed by atoms with E-state index in [0.29, 0.717) is 50.2 Å². The molecule has 0 saturated carbocycles. The first-order valence-corrected chi connectivity index (χ1v) is 16.7. The van der Waals surface area contributed by atoms with Crippen LogP contribution in [0.5, 0.6) is 6.01 Å². The number of carbonyl (C=O) groups is 1. The second kappa shape index (κ2) is 12.7. The summed E-state index contributed by atoms with van der Waals surface area (Å²) in [5, 5.41) is 1.51. The Labute approximate surface area is 282 Å². The summed E-state index contributed by atoms with van der Waals surface area (Å²) in [5.41, 5.74) is 2.00. The maximum absolute atomic E-state index is 14.7. The van der Waals surface area contributed by atoms with Crippen LogP contribution in [0.2, 0.25) is 5.02 Å². The zero-order valence-corrected chi connectivity index (χ0v) is 27.5. The van der Waals surface area contributed by atoms with E-state index in [4.69, 9.17) is 32.9 Å². The van der Waals surface area contributed by atoms with Gasteiger partial charge in [0.05, 0.1) is 22.8 Å². The number of ether oxygens (including phenoxy) is 1. The van der Waals surface area contributed by atoms with Gasteiger partial charge in [0.25, 0.3) is 5.91 Å². The van der Waals surface area contributed by atoms with E-state index in [2.05, 4.69) is 28.1 Å². The number of amides is 1. The first-order chi connectivity index (χ1) is 23.1. The summed E-state index contributed by atoms with van der Waals surface area (Å²) in [6, 6.07) is 8.68. The minimum absolute atomic E-state index is 0.000728. The Hall–Kier alpha value is -4.08. The minimum Gasteiger partial charge on any atom is -0.461 e. The lowest BCUT2D eigenvalue weighted by Crippen LogP contribution is -2.57. The lowest BCUT2D eigenvalue weighted by molar-refractivity contribution is -0.131. The fraction of sp³-hybridized carbons (Fsp3) is 0.486. The molecule has 0 N–H and O–H groups in total. The quantitative estimate of drug-likeness (QED) is 0.233. The molecule has 3 unspecified atom stereocenters. The molecule has 0 spiro atoms. The predicted molar refractivity (Wildman–Crippen MR) is 178 cm³/mol. The number of rotatable bonds is 7. The third-order valence-corrected chi connectivity index (χ3v) is 10.9. The minimum atomic E-state index is -1.06. The molecular weight excluding hydrogens is 643 g/mol. The van der Waals surface area contributed by atoms with Crippen molar-refractivity contribution in [2.24, 2.45) is 0 Å². The zero-order chi connectivity index (χ0) is 33.7. The van der Waals surface area contributed by atoms with Crippen molar-refractivity contribution >= 4 is 39.8 Å². The van der Waals surface area contributed by atoms with Crippen molar-refractivity contribution in [2.45, 2.75) is 62.9 Å². The van der Waals surface area contributed by atoms with Crippen LogP contribution in [0.3, 0.4) is 0 Å². The van der Waals surface area contributed by atoms with Crippen LogP contribution in [-0.2, 0) is 17.8 Å². The summed E-state index contributed by atoms with van der Waals surface area (Å²) in [4.78, 5) is 33.6. The number of benzene rings is 2. The Morgan fingerprint density at radius 1 is 1.19 bits per heavy atom. The number of anilines is 2. The van der Waals surface area contributed by atoms with E-state index in [1.807, 2.05) is 23.1 Å². The second-order valence-electron chi connectivity index (χ2n) is 13.4. The molecule has 2 aromatic carbocycles. The molecule has 13 heteroatoms. The summed E-state index contributed by atoms with van der Waals surface area (Å²) >= 11 is 6.50. The Morgan fingerprint density at radius 2 is 2.02 bits per heavy atom. The van der Waals surface area contributed by atoms with Gasteiger partial charge in [-0.05, 0) is 43.7 Å². The number of carbonyl (C=O) groups excluding carboxylic acids is 1. The smallest absolute Gasteiger partial charge is 0.318 e. The summed E-state index contributed by atoms with van der Waals surface area (Å²) < 4.78 is 49.6. The summed E-state index contributed by atoms with van der Waals surface area (Å²) in [5.74, 6) is -1.72. The first kappa shape index (κ1) is 32.5. The van der Waals surface area contributed by atoms with Gasteiger partial charge in [0.1, 0.15) is 30.5 Å². The molecule has 3 aromatic rings. The molecule has 3 fully saturated rings. The fourth-order valence-corrected chi connectivity index (χ4v) is 8.42. The van der Waals surface area contributed by atoms with Crippen LogP contribution in [0, 0.1) is 12.4 Å². The monoisotopic (exact) mass is 679 g/mol. The summed E-state index contributed by atoms with van der Waals surface area (Å²) in [7, 11) is 0. The highest BCUT2D eigenvalue weighted by Crippen LogP contribution is 2.44. The van der Waals surface area contributed by atoms with Crippen LogP contribution < -0.4 is 14.5 Å². The first-order valence-electron chi connectivity index (χ1n) is 16.4. The third kappa shape index (κ3) is 5.71. The van der Waals surface area contributed by atoms with Gasteiger partial charge in [-0.15, -0.1) is 0 Å². The van der Waals surface area contributed by atoms with Crippen molar-refractivity contribution in [3.63, 3.8) is 0 Å². The van der Waals surface area contributed by atoms with Crippen molar-refractivity contribution in [2.75, 3.05) is 55.7 Å². The maximum atomic E-state index is 14.7. The Kier molecular flexibility index (Phi) is 8.62. The molecule has 1 aromatic heterocycles. The third-order valence-electron chi connectivity index (χ3n) is 10.5. The standard InChI is InChI=1S/C35H37ClF3N7O2/c1-21-9-11-35(15-24(38)17-46(21)35)20-48-34-41-28-19-43(29-6-4-5-23-7-8-27(39)31(36)30(23)29)12-10-26(28)32(42-34)44-13-14-45(33(47)22(2)37)25(18-44)16-40-3/h4-8,21,24-25H,2,9-20H2,1H3/t21?,24?,25-,35?/m0/s1. The van der Waals surface area contributed by atoms with Crippen LogP contribution in [0.25, 0.3) is 15.6 Å². The highest BCUT2D eigenvalue weighted by Gasteiger charge is 2.52. The topological polar surface area (TPSA) is 69.4 Å². The Morgan fingerprint density at radius 3 is 2.81 bits per heavy atom. The summed E-state index contributed by atoms with van der Waals surface area (Å²) in [6.45, 7) is 15.2. The average Bonchev–Trinajstić information content (AvgIpc) is 3.57. The number of hydrogen-bond donors (Lipinski definition) is 0. The van der Waals surface area contributed by atoms with Crippen molar-refractivity contribution in [3.05, 3.63) is 76.3 Å². The van der Waals surface area contributed by atoms with Gasteiger partial charge in [0, 0.05) is 61.8 Å². The van der Waals surface area contributed by atoms with Gasteiger partial charge in [-0.2, -0.15) is 9.97 Å². The molecule has 0 aliphatic carbocycles. The van der Waals surface area contributed by atoms with Gasteiger partial charge in [0.2, 0.25) is 6.54 Å². The molecule has 252 valence electrons. The van der Waals surface area contributed by atoms with Gasteiger partial charge in [-0.3, -0.25) is 9.69 Å². The van der Waals surface area contributed by atoms with Crippen molar-refractivity contribution < 1.29 is 22.7 Å². The van der Waals surface area contributed by atoms with Crippen molar-refractivity contribution in [3.8, 4) is 6.01 Å². The molecule has 1 amide bonds. The number of nitrogens with zero attached hydrogens (tertiary/aromatic N) is 7. The number of piperazine rings is 1. The van der Waals surface area contributed by atoms with E-state index in [1.54, 1.807) is 6.07 Å². The van der Waals surface area contributed by atoms with Crippen LogP contribution >= 0.6 is 11.6 Å². The molecular formula is C35H37ClF3N7O2. The van der Waals surface area contributed by atoms with Gasteiger partial charge < -0.3 is 24.3 Å². The van der Waals surface area contributed by atoms with Crippen LogP contribution in [0.4, 0.5) is 24.7 Å². The Bertz CT molecular complexity index is 1820. The SMILES string of the molecule is [C-]#[N+]C[C@H]1CN(c2nc(OCC34CCC(C)N3CC(F)C4)nc3c2CCN(c2cccc4ccc(F)c(Cl)c24)C3)CCN1C(=O)C(=C)F. The molecule has 0 radical (unpaired) electrons. The molecule has 48 heavy (non-hydrogen) atoms. The van der Waals surface area contributed by atoms with E-state index >= 15 is 0 Å². The van der Waals surface area contributed by atoms with Gasteiger partial charge in [-0.1, -0.05) is 36.4 Å². The molecule has 4 aliphatic rings. The number of aromatic nitrogens is 2. The highest BCUT2D eigenvalue weighted by molar-refractivity contribution is 6.36. The van der Waals surface area contributed by atoms with E-state index in [0.717, 1.165) is 35.2 Å². The van der Waals surface area contributed by atoms with Gasteiger partial charge in [0.15, 0.2) is 5.83 Å². The molecule has 4 aliphatic heterocycles. The van der Waals surface area contributed by atoms with E-state index in [9.17, 15) is 18.0 Å². The van der Waals surface area contributed by atoms with Gasteiger partial charge >= 0.3 is 6.01 Å². The average molecular weight is 680 g/mol. The van der Waals surface area contributed by atoms with Gasteiger partial charge in [-0.25, -0.2) is 19.7 Å². The summed E-state index contributed by atoms with van der Waals surface area (Å²) in [6.07, 6.45) is 1.83. The van der Waals surface area contributed by atoms with Crippen molar-refractivity contribution in [1.82, 2.24) is 19.8 Å². The van der Waals surface area contributed by atoms with Crippen LogP contribution in [0.15, 0.2) is 42.7 Å². The fourth-order valence-electron chi connectivity index (χ4n) is 8.15. The number of alkyl halides is 1. The normalized spacial score (nSPS) is 25.6. The lowest BCUT2D eigenvalue weighted by Gasteiger charge is -2.41. The van der Waals surface area contributed by atoms with Crippen LogP contribution in [-0.4, -0.2) is 95.3 Å². The van der Waals surface area contributed by atoms with Crippen molar-refractivity contribution in [1.29, 1.82) is 0 Å². The molecule has 7 rings (SSSR count). The predicted octanol–water partition coefficient (Wildman–Crippen LogP) is 5.75. The number of hydrogen-bond acceptors (Lipinski definition) is 7. The molecule has 5 heterocycles. The second-order valence-corrected chi connectivity index (χ2v) is 13.7. The molecule has 4 atom stereocenters. The van der Waals surface area contributed by atoms with Crippen LogP contribution in [0.1, 0.15) is 37.4 Å². The zero-order valence-electron chi connectivity index (χ0n) is 26.8. The van der Waals surface area contributed by atoms with E-state index in [1.165, 1.54) is 11.0 Å². The molecule has 3 saturated heterocycles. The number of halogens is 4. The Balaban J connectivity index is 1.24. The lowest BCUT2D eigenvalue weighted by atomic mass is 9.95. The van der Waals surface area contributed by atoms with E-state index in [-0.39, 0.29) is 43.3 Å². The maximum Gasteiger partial charge on any atom is 0.318 e. The largest absolute Gasteiger partial charge is 0.461 e. The molecule has 0 bridgehead atoms. The number of fused-ring (bicyclic) bond motifs is 3.